The third-order valence-corrected chi connectivity index (χ3v) is 0. The first kappa shape index (κ1) is 11.2. The molecule has 0 aliphatic carbocycles. The predicted octanol–water partition coefficient (Wildman–Crippen LogP) is 0.670. The summed E-state index contributed by atoms with van der Waals surface area (Å²) in [6, 6.07) is 0. The molecule has 0 amide bonds. The maximum atomic E-state index is 8.81. The molecule has 0 aliphatic rings. The number of nitrogens with zero attached hydrogens (tertiary/aromatic N) is 1. The predicted molar refractivity (Wildman–Crippen MR) is 34.9 cm³/mol. The van der Waals surface area contributed by atoms with Crippen molar-refractivity contribution in [1.29, 1.82) is 0 Å². The van der Waals surface area contributed by atoms with Gasteiger partial charge >= 0.3 is 0 Å². The zero-order valence-corrected chi connectivity index (χ0v) is 6.21. The Balaban J connectivity index is 0. The summed E-state index contributed by atoms with van der Waals surface area (Å²) >= 11 is 0. The molecule has 0 radical (unpaired) electrons. The second-order valence-electron chi connectivity index (χ2n) is 2.61. The largest absolute Gasteiger partial charge is 0.391 e. The first-order chi connectivity index (χ1) is 3.73. The van der Waals surface area contributed by atoms with E-state index in [2.05, 4.69) is 0 Å². The van der Waals surface area contributed by atoms with Crippen LogP contribution in [0.1, 0.15) is 20.8 Å². The molecule has 0 bridgehead atoms. The highest BCUT2D eigenvalue weighted by molar-refractivity contribution is 4.50. The number of nitro groups is 1. The quantitative estimate of drug-likeness (QED) is 0.392. The normalized spacial score (nSPS) is 9.44. The third kappa shape index (κ3) is 516. The lowest BCUT2D eigenvalue weighted by Crippen LogP contribution is -2.10. The van der Waals surface area contributed by atoms with Gasteiger partial charge in [-0.2, -0.15) is 0 Å². The molecule has 0 aromatic rings. The van der Waals surface area contributed by atoms with Crippen molar-refractivity contribution in [2.75, 3.05) is 7.05 Å². The molecule has 0 saturated heterocycles. The highest BCUT2D eigenvalue weighted by Gasteiger charge is 1.97. The summed E-state index contributed by atoms with van der Waals surface area (Å²) in [5, 5.41) is 17.3. The van der Waals surface area contributed by atoms with Crippen LogP contribution >= 0.6 is 0 Å². The summed E-state index contributed by atoms with van der Waals surface area (Å²) < 4.78 is 0. The smallest absolute Gasteiger partial charge is 0.194 e. The van der Waals surface area contributed by atoms with E-state index < -0.39 is 10.5 Å². The molecule has 9 heavy (non-hydrogen) atoms. The summed E-state index contributed by atoms with van der Waals surface area (Å²) in [7, 11) is 0.889. The van der Waals surface area contributed by atoms with Crippen molar-refractivity contribution in [3.8, 4) is 0 Å². The minimum atomic E-state index is -0.500. The number of aliphatic hydroxyl groups is 1. The Hall–Kier alpha value is -0.640. The minimum absolute atomic E-state index is 0.500. The molecule has 0 atom stereocenters. The van der Waals surface area contributed by atoms with Gasteiger partial charge in [0.05, 0.1) is 5.60 Å². The van der Waals surface area contributed by atoms with Gasteiger partial charge in [0.15, 0.2) is 7.05 Å². The van der Waals surface area contributed by atoms with E-state index in [0.29, 0.717) is 0 Å². The maximum Gasteiger partial charge on any atom is 0.194 e. The van der Waals surface area contributed by atoms with Crippen molar-refractivity contribution in [2.24, 2.45) is 0 Å². The van der Waals surface area contributed by atoms with Crippen molar-refractivity contribution in [1.82, 2.24) is 0 Å². The second-order valence-corrected chi connectivity index (χ2v) is 2.61. The lowest BCUT2D eigenvalue weighted by Gasteiger charge is -2.04. The minimum Gasteiger partial charge on any atom is -0.391 e. The molecule has 0 aromatic carbocycles. The van der Waals surface area contributed by atoms with Crippen molar-refractivity contribution >= 4 is 0 Å². The molecular formula is C5H13NO3. The van der Waals surface area contributed by atoms with Crippen LogP contribution < -0.4 is 0 Å². The van der Waals surface area contributed by atoms with Gasteiger partial charge in [0.2, 0.25) is 0 Å². The average molecular weight is 135 g/mol. The van der Waals surface area contributed by atoms with Gasteiger partial charge in [0.25, 0.3) is 0 Å². The molecule has 0 unspecified atom stereocenters. The Kier molecular flexibility index (Phi) is 5.30. The van der Waals surface area contributed by atoms with E-state index in [1.54, 1.807) is 20.8 Å². The molecular weight excluding hydrogens is 122 g/mol. The van der Waals surface area contributed by atoms with E-state index in [1.807, 2.05) is 0 Å². The van der Waals surface area contributed by atoms with Crippen LogP contribution in [0.4, 0.5) is 0 Å². The summed E-state index contributed by atoms with van der Waals surface area (Å²) in [6.07, 6.45) is 0. The van der Waals surface area contributed by atoms with E-state index in [4.69, 9.17) is 15.2 Å². The van der Waals surface area contributed by atoms with Crippen LogP contribution in [0.25, 0.3) is 0 Å². The molecule has 0 aliphatic heterocycles. The fraction of sp³-hybridized carbons (Fsp3) is 1.00. The Morgan fingerprint density at radius 2 is 1.44 bits per heavy atom. The van der Waals surface area contributed by atoms with Gasteiger partial charge in [-0.3, -0.25) is 10.1 Å². The highest BCUT2D eigenvalue weighted by atomic mass is 16.6. The van der Waals surface area contributed by atoms with Gasteiger partial charge in [-0.25, -0.2) is 0 Å². The van der Waals surface area contributed by atoms with Gasteiger partial charge in [0, 0.05) is 4.92 Å². The van der Waals surface area contributed by atoms with Crippen LogP contribution in [0.5, 0.6) is 0 Å². The fourth-order valence-corrected chi connectivity index (χ4v) is 0. The zero-order chi connectivity index (χ0) is 8.08. The van der Waals surface area contributed by atoms with E-state index in [0.717, 1.165) is 7.05 Å². The van der Waals surface area contributed by atoms with Gasteiger partial charge in [-0.1, -0.05) is 0 Å². The van der Waals surface area contributed by atoms with Gasteiger partial charge in [-0.05, 0) is 20.8 Å². The van der Waals surface area contributed by atoms with Gasteiger partial charge < -0.3 is 5.11 Å². The van der Waals surface area contributed by atoms with Crippen molar-refractivity contribution < 1.29 is 10.0 Å². The molecule has 0 rings (SSSR count). The van der Waals surface area contributed by atoms with E-state index >= 15 is 0 Å². The molecule has 0 spiro atoms. The summed E-state index contributed by atoms with van der Waals surface area (Å²) in [5.74, 6) is 0. The van der Waals surface area contributed by atoms with Crippen molar-refractivity contribution in [3.05, 3.63) is 10.1 Å². The molecule has 0 fully saturated rings. The summed E-state index contributed by atoms with van der Waals surface area (Å²) in [4.78, 5) is 8.31. The maximum absolute atomic E-state index is 8.81. The Morgan fingerprint density at radius 3 is 1.44 bits per heavy atom. The molecule has 0 aromatic heterocycles. The number of hydrogen-bond donors (Lipinski definition) is 1. The van der Waals surface area contributed by atoms with Crippen LogP contribution in [-0.2, 0) is 0 Å². The summed E-state index contributed by atoms with van der Waals surface area (Å²) in [5.41, 5.74) is -0.500. The van der Waals surface area contributed by atoms with E-state index in [9.17, 15) is 0 Å². The average Bonchev–Trinajstić information content (AvgIpc) is 1.19. The van der Waals surface area contributed by atoms with E-state index in [1.165, 1.54) is 0 Å². The van der Waals surface area contributed by atoms with Gasteiger partial charge in [-0.15, -0.1) is 0 Å². The zero-order valence-electron chi connectivity index (χ0n) is 6.21. The van der Waals surface area contributed by atoms with Crippen molar-refractivity contribution in [3.63, 3.8) is 0 Å². The topological polar surface area (TPSA) is 63.4 Å². The van der Waals surface area contributed by atoms with Crippen LogP contribution in [0.3, 0.4) is 0 Å². The molecule has 0 saturated carbocycles. The first-order valence-electron chi connectivity index (χ1n) is 2.54. The Bertz CT molecular complexity index is 74.7. The SMILES string of the molecule is CC(C)(C)O.C[N+](=O)[O-]. The van der Waals surface area contributed by atoms with Gasteiger partial charge in [0.1, 0.15) is 0 Å². The Morgan fingerprint density at radius 1 is 1.44 bits per heavy atom. The number of rotatable bonds is 0. The summed E-state index contributed by atoms with van der Waals surface area (Å²) in [6.45, 7) is 5.23. The standard InChI is InChI=1S/C4H10O.CH3NO2/c1-4(2,3)5;1-2(3)4/h5H,1-3H3;1H3. The molecule has 4 heteroatoms. The molecule has 4 nitrogen and oxygen atoms in total. The third-order valence-electron chi connectivity index (χ3n) is 0. The van der Waals surface area contributed by atoms with E-state index in [-0.39, 0.29) is 0 Å². The van der Waals surface area contributed by atoms with Crippen LogP contribution in [-0.4, -0.2) is 22.7 Å². The molecule has 1 N–H and O–H groups in total. The lowest BCUT2D eigenvalue weighted by atomic mass is 10.2. The molecule has 0 heterocycles. The lowest BCUT2D eigenvalue weighted by molar-refractivity contribution is -0.445. The van der Waals surface area contributed by atoms with Crippen LogP contribution in [0.15, 0.2) is 0 Å². The highest BCUT2D eigenvalue weighted by Crippen LogP contribution is 1.93. The molecule has 56 valence electrons. The van der Waals surface area contributed by atoms with Crippen molar-refractivity contribution in [2.45, 2.75) is 26.4 Å². The van der Waals surface area contributed by atoms with Crippen LogP contribution in [0, 0.1) is 10.1 Å². The fourth-order valence-electron chi connectivity index (χ4n) is 0. The Labute approximate surface area is 54.7 Å². The second kappa shape index (κ2) is 4.26. The number of hydrogen-bond acceptors (Lipinski definition) is 3. The van der Waals surface area contributed by atoms with Crippen LogP contribution in [0.2, 0.25) is 0 Å². The first-order valence-corrected chi connectivity index (χ1v) is 2.54. The monoisotopic (exact) mass is 135 g/mol.